The fraction of sp³-hybridized carbons (Fsp3) is 0.500. The molecule has 2 amide bonds. The minimum Gasteiger partial charge on any atom is -0.343 e. The number of hydrogen-bond acceptors (Lipinski definition) is 2. The highest BCUT2D eigenvalue weighted by Crippen LogP contribution is 2.20. The van der Waals surface area contributed by atoms with Crippen molar-refractivity contribution in [2.24, 2.45) is 11.8 Å². The minimum absolute atomic E-state index is 0.0182. The van der Waals surface area contributed by atoms with Gasteiger partial charge < -0.3 is 10.2 Å². The van der Waals surface area contributed by atoms with Crippen LogP contribution in [0.15, 0.2) is 24.3 Å². The third-order valence-corrected chi connectivity index (χ3v) is 3.73. The van der Waals surface area contributed by atoms with E-state index in [1.807, 2.05) is 4.90 Å². The monoisotopic (exact) mass is 292 g/mol. The molecule has 1 aromatic rings. The molecule has 4 nitrogen and oxygen atoms in total. The van der Waals surface area contributed by atoms with E-state index in [1.165, 1.54) is 24.3 Å². The highest BCUT2D eigenvalue weighted by Gasteiger charge is 2.25. The second-order valence-electron chi connectivity index (χ2n) is 5.93. The summed E-state index contributed by atoms with van der Waals surface area (Å²) >= 11 is 0. The highest BCUT2D eigenvalue weighted by atomic mass is 19.1. The zero-order valence-electron chi connectivity index (χ0n) is 12.4. The van der Waals surface area contributed by atoms with Crippen molar-refractivity contribution < 1.29 is 14.0 Å². The summed E-state index contributed by atoms with van der Waals surface area (Å²) in [5, 5.41) is 2.59. The van der Waals surface area contributed by atoms with Crippen LogP contribution >= 0.6 is 0 Å². The Kier molecular flexibility index (Phi) is 4.94. The smallest absolute Gasteiger partial charge is 0.251 e. The van der Waals surface area contributed by atoms with Crippen molar-refractivity contribution in [1.29, 1.82) is 0 Å². The summed E-state index contributed by atoms with van der Waals surface area (Å²) in [5.41, 5.74) is 0.351. The molecular weight excluding hydrogens is 271 g/mol. The standard InChI is InChI=1S/C16H21FN2O2/c1-11-7-12(2)10-19(9-11)15(20)8-18-16(21)13-3-5-14(17)6-4-13/h3-6,11-12H,7-10H2,1-2H3,(H,18,21)/t11-,12-/m0/s1. The van der Waals surface area contributed by atoms with Crippen molar-refractivity contribution >= 4 is 11.8 Å². The number of rotatable bonds is 3. The van der Waals surface area contributed by atoms with Crippen LogP contribution in [0, 0.1) is 17.7 Å². The van der Waals surface area contributed by atoms with Gasteiger partial charge in [0.05, 0.1) is 6.54 Å². The molecule has 2 atom stereocenters. The van der Waals surface area contributed by atoms with E-state index in [1.54, 1.807) is 0 Å². The van der Waals surface area contributed by atoms with Crippen molar-refractivity contribution in [2.75, 3.05) is 19.6 Å². The van der Waals surface area contributed by atoms with Gasteiger partial charge in [-0.1, -0.05) is 13.8 Å². The number of benzene rings is 1. The van der Waals surface area contributed by atoms with Crippen LogP contribution in [0.4, 0.5) is 4.39 Å². The molecular formula is C16H21FN2O2. The van der Waals surface area contributed by atoms with E-state index in [0.29, 0.717) is 17.4 Å². The van der Waals surface area contributed by atoms with Gasteiger partial charge in [0.15, 0.2) is 0 Å². The lowest BCUT2D eigenvalue weighted by Gasteiger charge is -2.35. The van der Waals surface area contributed by atoms with E-state index in [9.17, 15) is 14.0 Å². The maximum atomic E-state index is 12.8. The molecule has 0 saturated carbocycles. The molecule has 0 bridgehead atoms. The second kappa shape index (κ2) is 6.70. The Hall–Kier alpha value is -1.91. The molecule has 5 heteroatoms. The Morgan fingerprint density at radius 2 is 1.76 bits per heavy atom. The molecule has 1 saturated heterocycles. The second-order valence-corrected chi connectivity index (χ2v) is 5.93. The minimum atomic E-state index is -0.390. The lowest BCUT2D eigenvalue weighted by molar-refractivity contribution is -0.132. The van der Waals surface area contributed by atoms with Crippen LogP contribution in [-0.4, -0.2) is 36.3 Å². The van der Waals surface area contributed by atoms with Crippen LogP contribution in [0.3, 0.4) is 0 Å². The lowest BCUT2D eigenvalue weighted by atomic mass is 9.92. The molecule has 1 aromatic carbocycles. The third kappa shape index (κ3) is 4.28. The van der Waals surface area contributed by atoms with Gasteiger partial charge in [-0.2, -0.15) is 0 Å². The van der Waals surface area contributed by atoms with Crippen LogP contribution in [0.1, 0.15) is 30.6 Å². The molecule has 1 fully saturated rings. The number of piperidine rings is 1. The maximum absolute atomic E-state index is 12.8. The average molecular weight is 292 g/mol. The Labute approximate surface area is 124 Å². The SMILES string of the molecule is C[C@H]1C[C@H](C)CN(C(=O)CNC(=O)c2ccc(F)cc2)C1. The molecule has 1 aliphatic rings. The van der Waals surface area contributed by atoms with Gasteiger partial charge in [-0.3, -0.25) is 9.59 Å². The Morgan fingerprint density at radius 3 is 2.33 bits per heavy atom. The maximum Gasteiger partial charge on any atom is 0.251 e. The largest absolute Gasteiger partial charge is 0.343 e. The molecule has 21 heavy (non-hydrogen) atoms. The van der Waals surface area contributed by atoms with Gasteiger partial charge in [0.2, 0.25) is 5.91 Å². The van der Waals surface area contributed by atoms with Crippen LogP contribution in [-0.2, 0) is 4.79 Å². The van der Waals surface area contributed by atoms with E-state index >= 15 is 0 Å². The molecule has 2 rings (SSSR count). The number of likely N-dealkylation sites (tertiary alicyclic amines) is 1. The fourth-order valence-corrected chi connectivity index (χ4v) is 2.84. The first-order valence-corrected chi connectivity index (χ1v) is 7.27. The van der Waals surface area contributed by atoms with Gasteiger partial charge in [0, 0.05) is 18.7 Å². The predicted molar refractivity (Wildman–Crippen MR) is 78.3 cm³/mol. The van der Waals surface area contributed by atoms with E-state index < -0.39 is 0 Å². The molecule has 0 aromatic heterocycles. The van der Waals surface area contributed by atoms with Gasteiger partial charge in [0.25, 0.3) is 5.91 Å². The Balaban J connectivity index is 1.86. The number of nitrogens with one attached hydrogen (secondary N) is 1. The van der Waals surface area contributed by atoms with Gasteiger partial charge in [0.1, 0.15) is 5.82 Å². The summed E-state index contributed by atoms with van der Waals surface area (Å²) in [7, 11) is 0. The zero-order chi connectivity index (χ0) is 15.4. The number of amides is 2. The molecule has 1 N–H and O–H groups in total. The average Bonchev–Trinajstić information content (AvgIpc) is 2.44. The predicted octanol–water partition coefficient (Wildman–Crippen LogP) is 2.06. The summed E-state index contributed by atoms with van der Waals surface area (Å²) < 4.78 is 12.8. The first kappa shape index (κ1) is 15.5. The molecule has 0 spiro atoms. The molecule has 1 aliphatic heterocycles. The van der Waals surface area contributed by atoms with Crippen molar-refractivity contribution in [1.82, 2.24) is 10.2 Å². The summed E-state index contributed by atoms with van der Waals surface area (Å²) in [6.45, 7) is 5.74. The topological polar surface area (TPSA) is 49.4 Å². The van der Waals surface area contributed by atoms with Crippen LogP contribution in [0.5, 0.6) is 0 Å². The number of carbonyl (C=O) groups is 2. The van der Waals surface area contributed by atoms with Gasteiger partial charge in [-0.05, 0) is 42.5 Å². The number of hydrogen-bond donors (Lipinski definition) is 1. The van der Waals surface area contributed by atoms with E-state index in [-0.39, 0.29) is 24.2 Å². The molecule has 114 valence electrons. The number of halogens is 1. The number of carbonyl (C=O) groups excluding carboxylic acids is 2. The van der Waals surface area contributed by atoms with Gasteiger partial charge in [-0.25, -0.2) is 4.39 Å². The van der Waals surface area contributed by atoms with Crippen molar-refractivity contribution in [3.05, 3.63) is 35.6 Å². The van der Waals surface area contributed by atoms with Gasteiger partial charge >= 0.3 is 0 Å². The van der Waals surface area contributed by atoms with Gasteiger partial charge in [-0.15, -0.1) is 0 Å². The quantitative estimate of drug-likeness (QED) is 0.927. The molecule has 0 aliphatic carbocycles. The number of nitrogens with zero attached hydrogens (tertiary/aromatic N) is 1. The Morgan fingerprint density at radius 1 is 1.19 bits per heavy atom. The van der Waals surface area contributed by atoms with E-state index in [4.69, 9.17) is 0 Å². The molecule has 0 radical (unpaired) electrons. The highest BCUT2D eigenvalue weighted by molar-refractivity contribution is 5.96. The third-order valence-electron chi connectivity index (χ3n) is 3.73. The van der Waals surface area contributed by atoms with Crippen molar-refractivity contribution in [3.63, 3.8) is 0 Å². The zero-order valence-corrected chi connectivity index (χ0v) is 12.4. The van der Waals surface area contributed by atoms with Crippen LogP contribution < -0.4 is 5.32 Å². The fourth-order valence-electron chi connectivity index (χ4n) is 2.84. The summed E-state index contributed by atoms with van der Waals surface area (Å²) in [5.74, 6) is 0.167. The molecule has 0 unspecified atom stereocenters. The molecule has 1 heterocycles. The first-order chi connectivity index (χ1) is 9.95. The van der Waals surface area contributed by atoms with Crippen molar-refractivity contribution in [2.45, 2.75) is 20.3 Å². The first-order valence-electron chi connectivity index (χ1n) is 7.27. The summed E-state index contributed by atoms with van der Waals surface area (Å²) in [4.78, 5) is 25.8. The van der Waals surface area contributed by atoms with E-state index in [2.05, 4.69) is 19.2 Å². The van der Waals surface area contributed by atoms with Crippen LogP contribution in [0.25, 0.3) is 0 Å². The summed E-state index contributed by atoms with van der Waals surface area (Å²) in [6, 6.07) is 5.26. The Bertz CT molecular complexity index is 506. The van der Waals surface area contributed by atoms with E-state index in [0.717, 1.165) is 19.5 Å². The van der Waals surface area contributed by atoms with Crippen molar-refractivity contribution in [3.8, 4) is 0 Å². The lowest BCUT2D eigenvalue weighted by Crippen LogP contribution is -2.46. The van der Waals surface area contributed by atoms with Crippen LogP contribution in [0.2, 0.25) is 0 Å². The normalized spacial score (nSPS) is 22.0. The summed E-state index contributed by atoms with van der Waals surface area (Å²) in [6.07, 6.45) is 1.13.